The molecule has 1 amide bonds. The van der Waals surface area contributed by atoms with Crippen LogP contribution in [0.15, 0.2) is 46.1 Å². The van der Waals surface area contributed by atoms with Crippen LogP contribution >= 0.6 is 0 Å². The lowest BCUT2D eigenvalue weighted by atomic mass is 9.78. The molecule has 6 rings (SSSR count). The number of amides is 1. The van der Waals surface area contributed by atoms with Crippen LogP contribution in [-0.2, 0) is 23.8 Å². The number of aromatic hydroxyl groups is 2. The van der Waals surface area contributed by atoms with Crippen molar-refractivity contribution >= 4 is 34.1 Å². The van der Waals surface area contributed by atoms with Crippen molar-refractivity contribution in [2.24, 2.45) is 39.6 Å². The van der Waals surface area contributed by atoms with Gasteiger partial charge >= 0.3 is 11.8 Å². The first-order valence-electron chi connectivity index (χ1n) is 21.2. The van der Waals surface area contributed by atoms with Crippen LogP contribution < -0.4 is 20.8 Å². The van der Waals surface area contributed by atoms with Crippen LogP contribution in [0.5, 0.6) is 17.2 Å². The highest BCUT2D eigenvalue weighted by Gasteiger charge is 2.51. The number of esters is 1. The topological polar surface area (TPSA) is 209 Å². The van der Waals surface area contributed by atoms with Crippen LogP contribution in [0.3, 0.4) is 0 Å². The minimum atomic E-state index is -1.95. The summed E-state index contributed by atoms with van der Waals surface area (Å²) in [5, 5.41) is 50.5. The van der Waals surface area contributed by atoms with E-state index in [2.05, 4.69) is 29.1 Å². The predicted octanol–water partition coefficient (Wildman–Crippen LogP) is 4.75. The molecule has 15 heteroatoms. The maximum absolute atomic E-state index is 14.7. The number of hydrogen-bond acceptors (Lipinski definition) is 14. The van der Waals surface area contributed by atoms with Crippen molar-refractivity contribution in [2.45, 2.75) is 118 Å². The van der Waals surface area contributed by atoms with Crippen LogP contribution in [0.25, 0.3) is 10.8 Å². The fraction of sp³-hybridized carbons (Fsp3) is 0.587. The van der Waals surface area contributed by atoms with E-state index < -0.39 is 82.9 Å². The van der Waals surface area contributed by atoms with Crippen molar-refractivity contribution in [3.63, 3.8) is 0 Å². The standard InChI is InChI=1S/C46H62N4O11/c1-22(2)21-50-18-16-46(17-19-50)48-34-31-32-39(54)28(8)42-33(31)43(56)45(10,61-42)59-20-15-30(58-11)25(5)41(60-29(9)51)27(7)38(53)26(6)37(52)23(3)13-12-14-24(4)44(57)47-36(40(32)55)35(34)49-46/h12-15,20,22-23,25-27,30,37-38,41,48,52-55H,16-19,21H2,1-11H3/b13-12-,20-15-,24-14-,47-36?/t23-,25+,26+,27+,30-,37-,38+,41+,45-/m0/s1. The third kappa shape index (κ3) is 8.54. The highest BCUT2D eigenvalue weighted by Crippen LogP contribution is 2.51. The average molecular weight is 847 g/mol. The van der Waals surface area contributed by atoms with Gasteiger partial charge in [0.2, 0.25) is 0 Å². The molecule has 0 unspecified atom stereocenters. The van der Waals surface area contributed by atoms with E-state index in [9.17, 15) is 34.8 Å². The number of rotatable bonds is 4. The molecule has 4 aliphatic rings. The Morgan fingerprint density at radius 3 is 2.28 bits per heavy atom. The van der Waals surface area contributed by atoms with E-state index in [4.69, 9.17) is 23.9 Å². The maximum atomic E-state index is 14.7. The van der Waals surface area contributed by atoms with Crippen molar-refractivity contribution in [1.29, 1.82) is 0 Å². The van der Waals surface area contributed by atoms with Gasteiger partial charge in [-0.2, -0.15) is 0 Å². The summed E-state index contributed by atoms with van der Waals surface area (Å²) in [5.41, 5.74) is -0.111. The second-order valence-corrected chi connectivity index (χ2v) is 18.0. The molecule has 15 nitrogen and oxygen atoms in total. The van der Waals surface area contributed by atoms with E-state index in [1.807, 2.05) is 0 Å². The van der Waals surface area contributed by atoms with E-state index in [1.54, 1.807) is 65.8 Å². The molecule has 1 fully saturated rings. The molecule has 0 radical (unpaired) electrons. The molecule has 2 aromatic rings. The zero-order valence-electron chi connectivity index (χ0n) is 37.1. The average Bonchev–Trinajstić information content (AvgIpc) is 3.71. The summed E-state index contributed by atoms with van der Waals surface area (Å²) in [6.07, 6.45) is 5.07. The number of aliphatic hydroxyl groups excluding tert-OH is 2. The Labute approximate surface area is 356 Å². The van der Waals surface area contributed by atoms with Gasteiger partial charge in [0.15, 0.2) is 5.75 Å². The third-order valence-corrected chi connectivity index (χ3v) is 12.9. The zero-order valence-corrected chi connectivity index (χ0v) is 37.1. The van der Waals surface area contributed by atoms with Gasteiger partial charge in [-0.25, -0.2) is 4.99 Å². The number of benzene rings is 2. The molecule has 5 N–H and O–H groups in total. The molecule has 1 spiro atoms. The lowest BCUT2D eigenvalue weighted by molar-refractivity contribution is -0.160. The summed E-state index contributed by atoms with van der Waals surface area (Å²) >= 11 is 0. The van der Waals surface area contributed by atoms with Crippen LogP contribution in [0.1, 0.15) is 91.1 Å². The van der Waals surface area contributed by atoms with Gasteiger partial charge in [0, 0.05) is 93.6 Å². The van der Waals surface area contributed by atoms with Crippen molar-refractivity contribution in [3.05, 3.63) is 58.0 Å². The Morgan fingerprint density at radius 2 is 1.66 bits per heavy atom. The molecule has 1 saturated heterocycles. The number of anilines is 1. The zero-order chi connectivity index (χ0) is 44.9. The fourth-order valence-corrected chi connectivity index (χ4v) is 9.24. The molecule has 4 aliphatic heterocycles. The van der Waals surface area contributed by atoms with E-state index in [0.717, 1.165) is 19.6 Å². The summed E-state index contributed by atoms with van der Waals surface area (Å²) < 4.78 is 24.0. The summed E-state index contributed by atoms with van der Waals surface area (Å²) in [5.74, 6) is -6.57. The number of allylic oxidation sites excluding steroid dienone is 2. The summed E-state index contributed by atoms with van der Waals surface area (Å²) in [6, 6.07) is 0. The predicted molar refractivity (Wildman–Crippen MR) is 228 cm³/mol. The quantitative estimate of drug-likeness (QED) is 0.208. The Hall–Kier alpha value is -4.83. The van der Waals surface area contributed by atoms with E-state index in [1.165, 1.54) is 27.2 Å². The summed E-state index contributed by atoms with van der Waals surface area (Å²) in [7, 11) is 1.47. The maximum Gasteiger partial charge on any atom is 0.312 e. The largest absolute Gasteiger partial charge is 0.507 e. The van der Waals surface area contributed by atoms with Gasteiger partial charge in [-0.1, -0.05) is 59.8 Å². The number of carbonyl (C=O) groups excluding carboxylic acids is 3. The first kappa shape index (κ1) is 45.7. The number of aliphatic hydroxyl groups is 2. The Kier molecular flexibility index (Phi) is 13.1. The molecule has 61 heavy (non-hydrogen) atoms. The first-order chi connectivity index (χ1) is 28.6. The van der Waals surface area contributed by atoms with E-state index in [-0.39, 0.29) is 49.7 Å². The van der Waals surface area contributed by atoms with E-state index in [0.29, 0.717) is 24.4 Å². The van der Waals surface area contributed by atoms with Crippen LogP contribution in [0, 0.1) is 36.5 Å². The number of nitrogens with one attached hydrogen (secondary N) is 1. The van der Waals surface area contributed by atoms with Gasteiger partial charge in [-0.05, 0) is 25.8 Å². The fourth-order valence-electron chi connectivity index (χ4n) is 9.24. The van der Waals surface area contributed by atoms with Crippen LogP contribution in [0.2, 0.25) is 0 Å². The smallest absolute Gasteiger partial charge is 0.312 e. The second kappa shape index (κ2) is 17.5. The highest BCUT2D eigenvalue weighted by molar-refractivity contribution is 6.21. The Balaban J connectivity index is 1.55. The van der Waals surface area contributed by atoms with Crippen molar-refractivity contribution in [3.8, 4) is 17.2 Å². The van der Waals surface area contributed by atoms with Gasteiger partial charge in [0.25, 0.3) is 11.7 Å². The number of phenolic OH excluding ortho intramolecular Hbond substituents is 2. The van der Waals surface area contributed by atoms with Gasteiger partial charge in [-0.15, -0.1) is 0 Å². The number of hydrogen-bond donors (Lipinski definition) is 5. The SMILES string of the molecule is CO[C@H]1/C=C\O[C@@]2(C)Oc3c(C)c(O)c4c(O)c(c5c(c4c3C2=O)NC2(CCN(CC(C)C)CC2)N=5)=NC(=O)/C(C)=C\C=C/[C@H](C)[C@H](O)[C@@H](C)[C@@H](O)[C@@H](C)[C@H](OC(C)=O)[C@@H]1C. The van der Waals surface area contributed by atoms with Crippen LogP contribution in [0.4, 0.5) is 5.69 Å². The molecule has 0 aliphatic carbocycles. The lowest BCUT2D eigenvalue weighted by Gasteiger charge is -2.38. The number of methoxy groups -OCH3 is 1. The minimum Gasteiger partial charge on any atom is -0.507 e. The normalized spacial score (nSPS) is 32.7. The third-order valence-electron chi connectivity index (χ3n) is 12.9. The Morgan fingerprint density at radius 1 is 0.984 bits per heavy atom. The highest BCUT2D eigenvalue weighted by atomic mass is 16.7. The van der Waals surface area contributed by atoms with Crippen molar-refractivity contribution < 1.29 is 53.8 Å². The molecular formula is C46H62N4O11. The molecular weight excluding hydrogens is 785 g/mol. The summed E-state index contributed by atoms with van der Waals surface area (Å²) in [6.45, 7) is 19.6. The summed E-state index contributed by atoms with van der Waals surface area (Å²) in [4.78, 5) is 52.9. The molecule has 0 aromatic heterocycles. The van der Waals surface area contributed by atoms with Gasteiger partial charge in [0.05, 0.1) is 41.2 Å². The van der Waals surface area contributed by atoms with Gasteiger partial charge in [0.1, 0.15) is 34.0 Å². The minimum absolute atomic E-state index is 0.0538. The van der Waals surface area contributed by atoms with Crippen molar-refractivity contribution in [2.75, 3.05) is 32.1 Å². The number of likely N-dealkylation sites (tertiary alicyclic amines) is 1. The van der Waals surface area contributed by atoms with Gasteiger partial charge < -0.3 is 49.6 Å². The number of piperidine rings is 1. The molecule has 9 atom stereocenters. The number of ether oxygens (including phenoxy) is 4. The molecule has 332 valence electrons. The number of Topliss-reactive ketones (excluding diaryl/α,β-unsaturated/α-hetero) is 1. The number of ketones is 1. The molecule has 4 bridgehead atoms. The molecule has 2 aromatic carbocycles. The second-order valence-electron chi connectivity index (χ2n) is 18.0. The number of fused-ring (bicyclic) bond motifs is 1. The Bertz CT molecular complexity index is 2300. The van der Waals surface area contributed by atoms with Crippen LogP contribution in [-0.4, -0.2) is 106 Å². The van der Waals surface area contributed by atoms with Gasteiger partial charge in [-0.3, -0.25) is 19.4 Å². The molecule has 0 saturated carbocycles. The lowest BCUT2D eigenvalue weighted by Crippen LogP contribution is -2.47. The molecule has 4 heterocycles. The number of carbonyl (C=O) groups is 3. The first-order valence-corrected chi connectivity index (χ1v) is 21.2. The number of nitrogens with zero attached hydrogens (tertiary/aromatic N) is 3. The monoisotopic (exact) mass is 846 g/mol. The number of phenols is 2. The van der Waals surface area contributed by atoms with Crippen molar-refractivity contribution in [1.82, 2.24) is 4.90 Å². The van der Waals surface area contributed by atoms with E-state index >= 15 is 0 Å².